The number of ether oxygens (including phenoxy) is 1. The van der Waals surface area contributed by atoms with Gasteiger partial charge in [-0.3, -0.25) is 9.69 Å². The molecule has 3 heterocycles. The molecule has 4 aromatic rings. The molecular formula is C26H26N2O4. The number of para-hydroxylation sites is 2. The van der Waals surface area contributed by atoms with Gasteiger partial charge in [-0.15, -0.1) is 0 Å². The van der Waals surface area contributed by atoms with Crippen LogP contribution in [0, 0.1) is 0 Å². The largest absolute Gasteiger partial charge is 0.489 e. The van der Waals surface area contributed by atoms with Crippen LogP contribution in [0.15, 0.2) is 81.8 Å². The summed E-state index contributed by atoms with van der Waals surface area (Å²) in [5.74, 6) is 1.66. The first-order valence-corrected chi connectivity index (χ1v) is 11.0. The second-order valence-corrected chi connectivity index (χ2v) is 7.99. The SMILES string of the molecule is O=C(NC[C@H](c1ccco1)N1CCCC1)c1oc2ccccc2c1COc1ccccc1. The van der Waals surface area contributed by atoms with Crippen LogP contribution in [0.25, 0.3) is 11.0 Å². The summed E-state index contributed by atoms with van der Waals surface area (Å²) in [6.45, 7) is 2.70. The van der Waals surface area contributed by atoms with Gasteiger partial charge >= 0.3 is 0 Å². The van der Waals surface area contributed by atoms with E-state index in [0.717, 1.165) is 48.4 Å². The number of nitrogens with one attached hydrogen (secondary N) is 1. The number of rotatable bonds is 8. The van der Waals surface area contributed by atoms with Crippen molar-refractivity contribution in [1.29, 1.82) is 0 Å². The van der Waals surface area contributed by atoms with Crippen LogP contribution in [0.1, 0.15) is 40.8 Å². The molecular weight excluding hydrogens is 404 g/mol. The van der Waals surface area contributed by atoms with Crippen molar-refractivity contribution in [3.05, 3.63) is 90.1 Å². The summed E-state index contributed by atoms with van der Waals surface area (Å²) in [4.78, 5) is 15.6. The van der Waals surface area contributed by atoms with E-state index in [1.165, 1.54) is 0 Å². The van der Waals surface area contributed by atoms with Crippen LogP contribution in [-0.4, -0.2) is 30.4 Å². The van der Waals surface area contributed by atoms with E-state index >= 15 is 0 Å². The number of carbonyl (C=O) groups excluding carboxylic acids is 1. The molecule has 5 rings (SSSR count). The maximum atomic E-state index is 13.2. The van der Waals surface area contributed by atoms with Gasteiger partial charge < -0.3 is 18.9 Å². The summed E-state index contributed by atoms with van der Waals surface area (Å²) in [5, 5.41) is 3.96. The van der Waals surface area contributed by atoms with Crippen LogP contribution < -0.4 is 10.1 Å². The minimum Gasteiger partial charge on any atom is -0.489 e. The third-order valence-electron chi connectivity index (χ3n) is 5.94. The van der Waals surface area contributed by atoms with Crippen LogP contribution in [-0.2, 0) is 6.61 Å². The Labute approximate surface area is 186 Å². The molecule has 1 N–H and O–H groups in total. The standard InChI is InChI=1S/C26H26N2O4/c29-26(27-17-22(24-13-8-16-30-24)28-14-6-7-15-28)25-21(18-31-19-9-2-1-3-10-19)20-11-4-5-12-23(20)32-25/h1-5,8-13,16,22H,6-7,14-15,17-18H2,(H,27,29)/t22-/m1/s1. The number of benzene rings is 2. The average molecular weight is 431 g/mol. The molecule has 0 aliphatic carbocycles. The molecule has 164 valence electrons. The van der Waals surface area contributed by atoms with Crippen LogP contribution in [0.5, 0.6) is 5.75 Å². The number of furan rings is 2. The number of fused-ring (bicyclic) bond motifs is 1. The van der Waals surface area contributed by atoms with Gasteiger partial charge in [0, 0.05) is 17.5 Å². The molecule has 2 aromatic heterocycles. The molecule has 0 bridgehead atoms. The van der Waals surface area contributed by atoms with Gasteiger partial charge in [0.25, 0.3) is 5.91 Å². The maximum absolute atomic E-state index is 13.2. The van der Waals surface area contributed by atoms with Crippen molar-refractivity contribution in [2.24, 2.45) is 0 Å². The number of amides is 1. The number of likely N-dealkylation sites (tertiary alicyclic amines) is 1. The van der Waals surface area contributed by atoms with Gasteiger partial charge in [0.1, 0.15) is 23.7 Å². The molecule has 0 saturated carbocycles. The van der Waals surface area contributed by atoms with E-state index in [2.05, 4.69) is 10.2 Å². The van der Waals surface area contributed by atoms with E-state index in [1.807, 2.05) is 66.7 Å². The molecule has 0 radical (unpaired) electrons. The fourth-order valence-electron chi connectivity index (χ4n) is 4.31. The maximum Gasteiger partial charge on any atom is 0.287 e. The highest BCUT2D eigenvalue weighted by molar-refractivity contribution is 5.99. The van der Waals surface area contributed by atoms with Crippen molar-refractivity contribution in [3.63, 3.8) is 0 Å². The molecule has 0 unspecified atom stereocenters. The van der Waals surface area contributed by atoms with Crippen molar-refractivity contribution in [2.75, 3.05) is 19.6 Å². The fraction of sp³-hybridized carbons (Fsp3) is 0.269. The molecule has 6 nitrogen and oxygen atoms in total. The summed E-state index contributed by atoms with van der Waals surface area (Å²) in [7, 11) is 0. The van der Waals surface area contributed by atoms with Crippen molar-refractivity contribution >= 4 is 16.9 Å². The molecule has 1 saturated heterocycles. The first-order valence-electron chi connectivity index (χ1n) is 11.0. The Bertz CT molecular complexity index is 1160. The van der Waals surface area contributed by atoms with E-state index in [4.69, 9.17) is 13.6 Å². The molecule has 0 spiro atoms. The third-order valence-corrected chi connectivity index (χ3v) is 5.94. The lowest BCUT2D eigenvalue weighted by atomic mass is 10.1. The van der Waals surface area contributed by atoms with Gasteiger partial charge in [-0.05, 0) is 56.3 Å². The Morgan fingerprint density at radius 2 is 1.78 bits per heavy atom. The fourth-order valence-corrected chi connectivity index (χ4v) is 4.31. The van der Waals surface area contributed by atoms with Gasteiger partial charge in [-0.25, -0.2) is 0 Å². The second kappa shape index (κ2) is 9.32. The second-order valence-electron chi connectivity index (χ2n) is 7.99. The van der Waals surface area contributed by atoms with E-state index in [9.17, 15) is 4.79 Å². The summed E-state index contributed by atoms with van der Waals surface area (Å²) in [6.07, 6.45) is 4.00. The van der Waals surface area contributed by atoms with Crippen LogP contribution in [0.2, 0.25) is 0 Å². The monoisotopic (exact) mass is 430 g/mol. The predicted octanol–water partition coefficient (Wildman–Crippen LogP) is 5.17. The molecule has 1 aliphatic heterocycles. The number of carbonyl (C=O) groups is 1. The summed E-state index contributed by atoms with van der Waals surface area (Å²) in [5.41, 5.74) is 1.42. The van der Waals surface area contributed by atoms with Crippen LogP contribution in [0.4, 0.5) is 0 Å². The number of hydrogen-bond acceptors (Lipinski definition) is 5. The Morgan fingerprint density at radius 1 is 1.00 bits per heavy atom. The third kappa shape index (κ3) is 4.27. The molecule has 6 heteroatoms. The Hall–Kier alpha value is -3.51. The van der Waals surface area contributed by atoms with Gasteiger partial charge in [0.15, 0.2) is 5.76 Å². The highest BCUT2D eigenvalue weighted by atomic mass is 16.5. The summed E-state index contributed by atoms with van der Waals surface area (Å²) >= 11 is 0. The van der Waals surface area contributed by atoms with Crippen LogP contribution in [0.3, 0.4) is 0 Å². The molecule has 1 aliphatic rings. The highest BCUT2D eigenvalue weighted by Crippen LogP contribution is 2.28. The van der Waals surface area contributed by atoms with Crippen molar-refractivity contribution in [1.82, 2.24) is 10.2 Å². The van der Waals surface area contributed by atoms with Crippen molar-refractivity contribution in [2.45, 2.75) is 25.5 Å². The zero-order valence-electron chi connectivity index (χ0n) is 17.8. The highest BCUT2D eigenvalue weighted by Gasteiger charge is 2.27. The van der Waals surface area contributed by atoms with E-state index in [0.29, 0.717) is 17.9 Å². The normalized spacial score (nSPS) is 15.1. The van der Waals surface area contributed by atoms with Gasteiger partial charge in [-0.2, -0.15) is 0 Å². The average Bonchev–Trinajstić information content (AvgIpc) is 3.60. The van der Waals surface area contributed by atoms with Crippen molar-refractivity contribution in [3.8, 4) is 5.75 Å². The Kier molecular flexibility index (Phi) is 5.94. The van der Waals surface area contributed by atoms with Gasteiger partial charge in [0.05, 0.1) is 12.3 Å². The van der Waals surface area contributed by atoms with Gasteiger partial charge in [0.2, 0.25) is 0 Å². The molecule has 1 amide bonds. The predicted molar refractivity (Wildman–Crippen MR) is 122 cm³/mol. The molecule has 1 fully saturated rings. The zero-order valence-corrected chi connectivity index (χ0v) is 17.8. The Balaban J connectivity index is 1.36. The van der Waals surface area contributed by atoms with Gasteiger partial charge in [-0.1, -0.05) is 36.4 Å². The molecule has 32 heavy (non-hydrogen) atoms. The summed E-state index contributed by atoms with van der Waals surface area (Å²) in [6, 6.07) is 21.1. The first-order chi connectivity index (χ1) is 15.8. The topological polar surface area (TPSA) is 67.9 Å². The lowest BCUT2D eigenvalue weighted by molar-refractivity contribution is 0.0905. The zero-order chi connectivity index (χ0) is 21.8. The molecule has 2 aromatic carbocycles. The minimum atomic E-state index is -0.247. The quantitative estimate of drug-likeness (QED) is 0.418. The lowest BCUT2D eigenvalue weighted by Crippen LogP contribution is -2.36. The number of nitrogens with zero attached hydrogens (tertiary/aromatic N) is 1. The smallest absolute Gasteiger partial charge is 0.287 e. The minimum absolute atomic E-state index is 0.00449. The first kappa shape index (κ1) is 20.4. The van der Waals surface area contributed by atoms with E-state index in [-0.39, 0.29) is 18.6 Å². The van der Waals surface area contributed by atoms with E-state index < -0.39 is 0 Å². The van der Waals surface area contributed by atoms with Crippen LogP contribution >= 0.6 is 0 Å². The number of hydrogen-bond donors (Lipinski definition) is 1. The van der Waals surface area contributed by atoms with Crippen molar-refractivity contribution < 1.29 is 18.4 Å². The lowest BCUT2D eigenvalue weighted by Gasteiger charge is -2.25. The summed E-state index contributed by atoms with van der Waals surface area (Å²) < 4.78 is 17.6. The Morgan fingerprint density at radius 3 is 2.56 bits per heavy atom. The van der Waals surface area contributed by atoms with E-state index in [1.54, 1.807) is 6.26 Å². The molecule has 1 atom stereocenters.